The van der Waals surface area contributed by atoms with Gasteiger partial charge in [-0.15, -0.1) is 0 Å². The van der Waals surface area contributed by atoms with Crippen molar-refractivity contribution in [2.75, 3.05) is 31.1 Å². The molecule has 1 unspecified atom stereocenters. The van der Waals surface area contributed by atoms with E-state index in [1.807, 2.05) is 43.3 Å². The van der Waals surface area contributed by atoms with Crippen molar-refractivity contribution in [3.63, 3.8) is 0 Å². The van der Waals surface area contributed by atoms with Gasteiger partial charge >= 0.3 is 0 Å². The molecule has 134 valence electrons. The molecule has 3 heterocycles. The van der Waals surface area contributed by atoms with Crippen molar-refractivity contribution in [2.24, 2.45) is 5.73 Å². The Balaban J connectivity index is 1.55. The van der Waals surface area contributed by atoms with Crippen molar-refractivity contribution in [3.05, 3.63) is 54.0 Å². The summed E-state index contributed by atoms with van der Waals surface area (Å²) in [4.78, 5) is 25.0. The van der Waals surface area contributed by atoms with E-state index in [-0.39, 0.29) is 5.91 Å². The Morgan fingerprint density at radius 2 is 1.88 bits per heavy atom. The third kappa shape index (κ3) is 2.99. The smallest absolute Gasteiger partial charge is 0.254 e. The van der Waals surface area contributed by atoms with Crippen molar-refractivity contribution >= 4 is 17.5 Å². The highest BCUT2D eigenvalue weighted by Gasteiger charge is 2.29. The molecule has 0 saturated carbocycles. The zero-order valence-corrected chi connectivity index (χ0v) is 14.6. The predicted octanol–water partition coefficient (Wildman–Crippen LogP) is 0.781. The predicted molar refractivity (Wildman–Crippen MR) is 97.7 cm³/mol. The highest BCUT2D eigenvalue weighted by Crippen LogP contribution is 2.24. The maximum absolute atomic E-state index is 12.1. The van der Waals surface area contributed by atoms with Gasteiger partial charge in [-0.05, 0) is 12.5 Å². The monoisotopic (exact) mass is 351 g/mol. The number of carbonyl (C=O) groups is 1. The van der Waals surface area contributed by atoms with Crippen LogP contribution in [0.25, 0.3) is 5.78 Å². The minimum atomic E-state index is -0.399. The van der Waals surface area contributed by atoms with Gasteiger partial charge in [-0.1, -0.05) is 30.3 Å². The Labute approximate surface area is 151 Å². The lowest BCUT2D eigenvalue weighted by Gasteiger charge is -2.39. The van der Waals surface area contributed by atoms with E-state index in [4.69, 9.17) is 5.73 Å². The lowest BCUT2D eigenvalue weighted by Crippen LogP contribution is -2.50. The summed E-state index contributed by atoms with van der Waals surface area (Å²) in [5, 5.41) is 4.28. The molecule has 0 bridgehead atoms. The maximum Gasteiger partial charge on any atom is 0.254 e. The molecule has 8 heteroatoms. The van der Waals surface area contributed by atoms with Gasteiger partial charge in [0.05, 0.1) is 0 Å². The molecule has 1 aliphatic heterocycles. The molecule has 0 spiro atoms. The molecule has 1 saturated heterocycles. The first-order valence-electron chi connectivity index (χ1n) is 8.64. The summed E-state index contributed by atoms with van der Waals surface area (Å²) in [5.41, 5.74) is 7.54. The van der Waals surface area contributed by atoms with Crippen molar-refractivity contribution in [2.45, 2.75) is 13.0 Å². The highest BCUT2D eigenvalue weighted by atomic mass is 16.1. The van der Waals surface area contributed by atoms with Gasteiger partial charge in [0.15, 0.2) is 0 Å². The second-order valence-electron chi connectivity index (χ2n) is 6.47. The van der Waals surface area contributed by atoms with Crippen LogP contribution in [-0.4, -0.2) is 56.6 Å². The topological polar surface area (TPSA) is 92.7 Å². The second kappa shape index (κ2) is 6.72. The molecule has 1 aromatic carbocycles. The molecule has 1 amide bonds. The number of nitrogens with two attached hydrogens (primary N) is 1. The van der Waals surface area contributed by atoms with Gasteiger partial charge in [-0.3, -0.25) is 9.69 Å². The first-order valence-corrected chi connectivity index (χ1v) is 8.64. The molecule has 4 rings (SSSR count). The van der Waals surface area contributed by atoms with E-state index >= 15 is 0 Å². The van der Waals surface area contributed by atoms with Crippen molar-refractivity contribution in [1.29, 1.82) is 0 Å². The summed E-state index contributed by atoms with van der Waals surface area (Å²) in [7, 11) is 0. The van der Waals surface area contributed by atoms with E-state index in [1.54, 1.807) is 4.52 Å². The summed E-state index contributed by atoms with van der Waals surface area (Å²) in [6.45, 7) is 4.97. The van der Waals surface area contributed by atoms with Gasteiger partial charge in [0.1, 0.15) is 18.2 Å². The quantitative estimate of drug-likeness (QED) is 0.747. The lowest BCUT2D eigenvalue weighted by molar-refractivity contribution is -0.123. The van der Waals surface area contributed by atoms with Crippen LogP contribution >= 0.6 is 0 Å². The van der Waals surface area contributed by atoms with Crippen LogP contribution in [0.3, 0.4) is 0 Å². The number of carbonyl (C=O) groups excluding carboxylic acids is 1. The molecule has 1 fully saturated rings. The van der Waals surface area contributed by atoms with E-state index in [9.17, 15) is 4.79 Å². The van der Waals surface area contributed by atoms with E-state index in [2.05, 4.69) is 24.9 Å². The number of nitrogens with zero attached hydrogens (tertiary/aromatic N) is 6. The minimum Gasteiger partial charge on any atom is -0.368 e. The summed E-state index contributed by atoms with van der Waals surface area (Å²) < 4.78 is 1.76. The van der Waals surface area contributed by atoms with E-state index in [1.165, 1.54) is 6.33 Å². The van der Waals surface area contributed by atoms with Gasteiger partial charge < -0.3 is 10.6 Å². The summed E-state index contributed by atoms with van der Waals surface area (Å²) in [6, 6.07) is 11.3. The van der Waals surface area contributed by atoms with Crippen LogP contribution in [0.15, 0.2) is 42.7 Å². The van der Waals surface area contributed by atoms with Crippen LogP contribution in [0.1, 0.15) is 17.3 Å². The van der Waals surface area contributed by atoms with E-state index < -0.39 is 6.04 Å². The average Bonchev–Trinajstić information content (AvgIpc) is 3.11. The Morgan fingerprint density at radius 3 is 2.58 bits per heavy atom. The fraction of sp³-hybridized carbons (Fsp3) is 0.333. The zero-order valence-electron chi connectivity index (χ0n) is 14.6. The number of benzene rings is 1. The largest absolute Gasteiger partial charge is 0.368 e. The second-order valence-corrected chi connectivity index (χ2v) is 6.47. The summed E-state index contributed by atoms with van der Waals surface area (Å²) in [5.74, 6) is 1.25. The molecule has 0 radical (unpaired) electrons. The van der Waals surface area contributed by atoms with Crippen LogP contribution in [0.5, 0.6) is 0 Å². The van der Waals surface area contributed by atoms with E-state index in [0.29, 0.717) is 5.78 Å². The Bertz CT molecular complexity index is 916. The fourth-order valence-electron chi connectivity index (χ4n) is 3.54. The van der Waals surface area contributed by atoms with Gasteiger partial charge in [0.2, 0.25) is 5.91 Å². The number of aryl methyl sites for hydroxylation is 1. The molecule has 2 aromatic heterocycles. The van der Waals surface area contributed by atoms with Gasteiger partial charge in [-0.2, -0.15) is 14.6 Å². The van der Waals surface area contributed by atoms with E-state index in [0.717, 1.165) is 43.3 Å². The molecule has 3 aromatic rings. The van der Waals surface area contributed by atoms with Crippen molar-refractivity contribution in [3.8, 4) is 0 Å². The van der Waals surface area contributed by atoms with Crippen molar-refractivity contribution in [1.82, 2.24) is 24.5 Å². The third-order valence-corrected chi connectivity index (χ3v) is 4.75. The standard InChI is InChI=1S/C18H21N7O/c1-13-11-15(25-18(22-13)20-12-21-25)23-7-9-24(10-8-23)16(17(19)26)14-5-3-2-4-6-14/h2-6,11-12,16H,7-10H2,1H3,(H2,19,26). The first-order chi connectivity index (χ1) is 12.6. The normalized spacial score (nSPS) is 16.7. The molecule has 1 aliphatic rings. The number of amides is 1. The van der Waals surface area contributed by atoms with Crippen LogP contribution < -0.4 is 10.6 Å². The SMILES string of the molecule is Cc1cc(N2CCN(C(C(N)=O)c3ccccc3)CC2)n2ncnc2n1. The Morgan fingerprint density at radius 1 is 1.15 bits per heavy atom. The molecular weight excluding hydrogens is 330 g/mol. The lowest BCUT2D eigenvalue weighted by atomic mass is 10.0. The van der Waals surface area contributed by atoms with Crippen LogP contribution in [0.4, 0.5) is 5.82 Å². The van der Waals surface area contributed by atoms with Crippen LogP contribution in [-0.2, 0) is 4.79 Å². The van der Waals surface area contributed by atoms with Crippen molar-refractivity contribution < 1.29 is 4.79 Å². The average molecular weight is 351 g/mol. The molecule has 1 atom stereocenters. The number of hydrogen-bond acceptors (Lipinski definition) is 6. The number of primary amides is 1. The minimum absolute atomic E-state index is 0.317. The van der Waals surface area contributed by atoms with Gasteiger partial charge in [-0.25, -0.2) is 4.98 Å². The van der Waals surface area contributed by atoms with Crippen LogP contribution in [0.2, 0.25) is 0 Å². The Kier molecular flexibility index (Phi) is 4.26. The Hall–Kier alpha value is -3.00. The molecule has 8 nitrogen and oxygen atoms in total. The molecule has 0 aliphatic carbocycles. The van der Waals surface area contributed by atoms with Crippen LogP contribution in [0, 0.1) is 6.92 Å². The number of aromatic nitrogens is 4. The zero-order chi connectivity index (χ0) is 18.1. The number of hydrogen-bond donors (Lipinski definition) is 1. The maximum atomic E-state index is 12.1. The fourth-order valence-corrected chi connectivity index (χ4v) is 3.54. The number of anilines is 1. The summed E-state index contributed by atoms with van der Waals surface area (Å²) in [6.07, 6.45) is 1.51. The molecule has 2 N–H and O–H groups in total. The molecule has 26 heavy (non-hydrogen) atoms. The number of rotatable bonds is 4. The number of piperazine rings is 1. The first kappa shape index (κ1) is 16.5. The third-order valence-electron chi connectivity index (χ3n) is 4.75. The van der Waals surface area contributed by atoms with Gasteiger partial charge in [0, 0.05) is 37.9 Å². The number of fused-ring (bicyclic) bond motifs is 1. The highest BCUT2D eigenvalue weighted by molar-refractivity contribution is 5.81. The summed E-state index contributed by atoms with van der Waals surface area (Å²) >= 11 is 0. The van der Waals surface area contributed by atoms with Gasteiger partial charge in [0.25, 0.3) is 5.78 Å². The molecular formula is C18H21N7O.